The average Bonchev–Trinajstić information content (AvgIpc) is 2.94. The molecule has 2 aromatic heterocycles. The number of carbonyl (C=O) groups excluding carboxylic acids is 1. The Kier molecular flexibility index (Phi) is 6.36. The van der Waals surface area contributed by atoms with Crippen LogP contribution in [0.2, 0.25) is 0 Å². The molecule has 35 heavy (non-hydrogen) atoms. The first kappa shape index (κ1) is 22.5. The van der Waals surface area contributed by atoms with Gasteiger partial charge >= 0.3 is 0 Å². The van der Waals surface area contributed by atoms with Crippen LogP contribution < -0.4 is 0 Å². The maximum atomic E-state index is 13.4. The van der Waals surface area contributed by atoms with E-state index in [4.69, 9.17) is 0 Å². The minimum atomic E-state index is -0.464. The van der Waals surface area contributed by atoms with E-state index in [9.17, 15) is 10.1 Å². The van der Waals surface area contributed by atoms with Crippen LogP contribution in [0.1, 0.15) is 28.8 Å². The van der Waals surface area contributed by atoms with Crippen LogP contribution in [0.15, 0.2) is 97.5 Å². The summed E-state index contributed by atoms with van der Waals surface area (Å²) in [5.41, 5.74) is 5.15. The van der Waals surface area contributed by atoms with Crippen molar-refractivity contribution in [1.29, 1.82) is 5.26 Å². The van der Waals surface area contributed by atoms with Crippen LogP contribution in [0.5, 0.6) is 0 Å². The number of rotatable bonds is 5. The number of hydrogen-bond donors (Lipinski definition) is 0. The molecule has 1 fully saturated rings. The Morgan fingerprint density at radius 3 is 2.20 bits per heavy atom. The van der Waals surface area contributed by atoms with Gasteiger partial charge in [-0.1, -0.05) is 54.6 Å². The third-order valence-corrected chi connectivity index (χ3v) is 6.84. The molecule has 5 nitrogen and oxygen atoms in total. The van der Waals surface area contributed by atoms with Crippen molar-refractivity contribution in [3.63, 3.8) is 0 Å². The minimum Gasteiger partial charge on any atom is -0.338 e. The number of aromatic nitrogens is 2. The zero-order valence-corrected chi connectivity index (χ0v) is 19.5. The predicted molar refractivity (Wildman–Crippen MR) is 136 cm³/mol. The molecule has 172 valence electrons. The van der Waals surface area contributed by atoms with Gasteiger partial charge in [-0.2, -0.15) is 5.26 Å². The van der Waals surface area contributed by atoms with E-state index < -0.39 is 5.41 Å². The lowest BCUT2D eigenvalue weighted by Crippen LogP contribution is -2.43. The predicted octanol–water partition coefficient (Wildman–Crippen LogP) is 5.80. The van der Waals surface area contributed by atoms with Crippen LogP contribution in [0.3, 0.4) is 0 Å². The van der Waals surface area contributed by atoms with Crippen LogP contribution in [0.25, 0.3) is 22.4 Å². The minimum absolute atomic E-state index is 0.0383. The van der Waals surface area contributed by atoms with Gasteiger partial charge in [-0.15, -0.1) is 0 Å². The Bertz CT molecular complexity index is 1340. The fourth-order valence-electron chi connectivity index (χ4n) is 4.79. The van der Waals surface area contributed by atoms with Crippen molar-refractivity contribution in [3.05, 3.63) is 109 Å². The smallest absolute Gasteiger partial charge is 0.256 e. The van der Waals surface area contributed by atoms with Gasteiger partial charge in [-0.05, 0) is 60.2 Å². The maximum absolute atomic E-state index is 13.4. The first-order chi connectivity index (χ1) is 17.2. The van der Waals surface area contributed by atoms with Gasteiger partial charge in [0, 0.05) is 37.2 Å². The zero-order chi connectivity index (χ0) is 24.1. The van der Waals surface area contributed by atoms with E-state index in [-0.39, 0.29) is 5.91 Å². The summed E-state index contributed by atoms with van der Waals surface area (Å²) >= 11 is 0. The number of pyridine rings is 2. The molecule has 5 heteroatoms. The van der Waals surface area contributed by atoms with E-state index in [2.05, 4.69) is 52.4 Å². The number of nitrogens with zero attached hydrogens (tertiary/aromatic N) is 4. The third-order valence-electron chi connectivity index (χ3n) is 6.84. The molecule has 0 spiro atoms. The Balaban J connectivity index is 1.28. The van der Waals surface area contributed by atoms with Crippen LogP contribution in [-0.2, 0) is 6.42 Å². The largest absolute Gasteiger partial charge is 0.338 e. The summed E-state index contributed by atoms with van der Waals surface area (Å²) in [6, 6.07) is 28.7. The SMILES string of the molecule is N#CC1(Cc2ccc(-c3ccccc3)cc2)CCN(C(=O)c2cccnc2-c2ccncc2)CC1. The number of piperidine rings is 1. The number of amides is 1. The second kappa shape index (κ2) is 9.90. The average molecular weight is 459 g/mol. The number of carbonyl (C=O) groups is 1. The lowest BCUT2D eigenvalue weighted by atomic mass is 9.75. The standard InChI is InChI=1S/C30H26N4O/c31-22-30(21-23-8-10-25(11-9-23)24-5-2-1-3-6-24)14-19-34(20-15-30)29(35)27-7-4-16-33-28(27)26-12-17-32-18-13-26/h1-13,16-18H,14-15,19-21H2. The molecule has 3 heterocycles. The monoisotopic (exact) mass is 458 g/mol. The maximum Gasteiger partial charge on any atom is 0.256 e. The summed E-state index contributed by atoms with van der Waals surface area (Å²) in [5, 5.41) is 10.1. The van der Waals surface area contributed by atoms with Gasteiger partial charge < -0.3 is 4.90 Å². The summed E-state index contributed by atoms with van der Waals surface area (Å²) < 4.78 is 0. The molecule has 0 radical (unpaired) electrons. The lowest BCUT2D eigenvalue weighted by molar-refractivity contribution is 0.0647. The summed E-state index contributed by atoms with van der Waals surface area (Å²) in [5.74, 6) is -0.0383. The molecule has 1 aliphatic rings. The second-order valence-corrected chi connectivity index (χ2v) is 9.06. The van der Waals surface area contributed by atoms with Gasteiger partial charge in [-0.25, -0.2) is 0 Å². The highest BCUT2D eigenvalue weighted by atomic mass is 16.2. The van der Waals surface area contributed by atoms with E-state index >= 15 is 0 Å². The van der Waals surface area contributed by atoms with Crippen molar-refractivity contribution < 1.29 is 4.79 Å². The Morgan fingerprint density at radius 2 is 1.51 bits per heavy atom. The van der Waals surface area contributed by atoms with Crippen LogP contribution in [0.4, 0.5) is 0 Å². The fraction of sp³-hybridized carbons (Fsp3) is 0.200. The van der Waals surface area contributed by atoms with Crippen molar-refractivity contribution in [2.75, 3.05) is 13.1 Å². The highest BCUT2D eigenvalue weighted by Gasteiger charge is 2.37. The Labute approximate surface area is 205 Å². The van der Waals surface area contributed by atoms with Crippen LogP contribution >= 0.6 is 0 Å². The van der Waals surface area contributed by atoms with Gasteiger partial charge in [0.05, 0.1) is 22.7 Å². The summed E-state index contributed by atoms with van der Waals surface area (Å²) in [4.78, 5) is 23.8. The molecule has 0 unspecified atom stereocenters. The molecule has 0 saturated carbocycles. The highest BCUT2D eigenvalue weighted by molar-refractivity contribution is 5.99. The van der Waals surface area contributed by atoms with Crippen molar-refractivity contribution in [2.24, 2.45) is 5.41 Å². The van der Waals surface area contributed by atoms with Gasteiger partial charge in [0.15, 0.2) is 0 Å². The van der Waals surface area contributed by atoms with Gasteiger partial charge in [0.25, 0.3) is 5.91 Å². The molecular formula is C30H26N4O. The van der Waals surface area contributed by atoms with Crippen molar-refractivity contribution >= 4 is 5.91 Å². The van der Waals surface area contributed by atoms with E-state index in [1.54, 1.807) is 24.7 Å². The van der Waals surface area contributed by atoms with Crippen LogP contribution in [-0.4, -0.2) is 33.9 Å². The molecule has 1 saturated heterocycles. The van der Waals surface area contributed by atoms with Crippen LogP contribution in [0, 0.1) is 16.7 Å². The van der Waals surface area contributed by atoms with E-state index in [0.29, 0.717) is 43.6 Å². The summed E-state index contributed by atoms with van der Waals surface area (Å²) in [6.45, 7) is 1.11. The number of benzene rings is 2. The summed E-state index contributed by atoms with van der Waals surface area (Å²) in [7, 11) is 0. The second-order valence-electron chi connectivity index (χ2n) is 9.06. The topological polar surface area (TPSA) is 69.9 Å². The van der Waals surface area contributed by atoms with Gasteiger partial charge in [0.1, 0.15) is 0 Å². The number of likely N-dealkylation sites (tertiary alicyclic amines) is 1. The van der Waals surface area contributed by atoms with Crippen molar-refractivity contribution in [1.82, 2.24) is 14.9 Å². The summed E-state index contributed by atoms with van der Waals surface area (Å²) in [6.07, 6.45) is 7.10. The quantitative estimate of drug-likeness (QED) is 0.379. The van der Waals surface area contributed by atoms with Crippen molar-refractivity contribution in [2.45, 2.75) is 19.3 Å². The molecule has 0 bridgehead atoms. The first-order valence-corrected chi connectivity index (χ1v) is 11.9. The molecule has 0 N–H and O–H groups in total. The molecule has 0 atom stereocenters. The van der Waals surface area contributed by atoms with E-state index in [1.165, 1.54) is 11.1 Å². The first-order valence-electron chi connectivity index (χ1n) is 11.9. The molecule has 5 rings (SSSR count). The Hall–Kier alpha value is -4.30. The molecule has 2 aromatic carbocycles. The molecule has 1 amide bonds. The Morgan fingerprint density at radius 1 is 0.829 bits per heavy atom. The molecular weight excluding hydrogens is 432 g/mol. The molecule has 0 aliphatic carbocycles. The van der Waals surface area contributed by atoms with E-state index in [1.807, 2.05) is 41.3 Å². The normalized spacial score (nSPS) is 14.8. The van der Waals surface area contributed by atoms with Gasteiger partial charge in [-0.3, -0.25) is 14.8 Å². The van der Waals surface area contributed by atoms with Gasteiger partial charge in [0.2, 0.25) is 0 Å². The van der Waals surface area contributed by atoms with E-state index in [0.717, 1.165) is 11.1 Å². The fourth-order valence-corrected chi connectivity index (χ4v) is 4.79. The zero-order valence-electron chi connectivity index (χ0n) is 19.5. The third kappa shape index (κ3) is 4.83. The molecule has 1 aliphatic heterocycles. The number of nitriles is 1. The molecule has 4 aromatic rings. The lowest BCUT2D eigenvalue weighted by Gasteiger charge is -2.37. The number of hydrogen-bond acceptors (Lipinski definition) is 4. The van der Waals surface area contributed by atoms with Crippen molar-refractivity contribution in [3.8, 4) is 28.5 Å². The highest BCUT2D eigenvalue weighted by Crippen LogP contribution is 2.36.